The maximum atomic E-state index is 14.0. The molecule has 214 valence electrons. The second kappa shape index (κ2) is 13.8. The minimum Gasteiger partial charge on any atom is -0.497 e. The van der Waals surface area contributed by atoms with Gasteiger partial charge in [-0.25, -0.2) is 8.42 Å². The molecule has 0 bridgehead atoms. The number of ether oxygens (including phenoxy) is 2. The van der Waals surface area contributed by atoms with Crippen LogP contribution in [0.2, 0.25) is 0 Å². The summed E-state index contributed by atoms with van der Waals surface area (Å²) in [6.07, 6.45) is 0. The van der Waals surface area contributed by atoms with Crippen LogP contribution in [0.25, 0.3) is 0 Å². The van der Waals surface area contributed by atoms with Gasteiger partial charge in [-0.15, -0.1) is 0 Å². The highest BCUT2D eigenvalue weighted by Gasteiger charge is 2.33. The molecule has 1 N–H and O–H groups in total. The molecule has 0 radical (unpaired) electrons. The van der Waals surface area contributed by atoms with Crippen molar-refractivity contribution in [3.8, 4) is 11.5 Å². The van der Waals surface area contributed by atoms with E-state index in [4.69, 9.17) is 9.47 Å². The number of hydrogen-bond acceptors (Lipinski definition) is 6. The Morgan fingerprint density at radius 3 is 2.20 bits per heavy atom. The first-order chi connectivity index (χ1) is 19.1. The molecular weight excluding hydrogens is 530 g/mol. The molecule has 0 saturated heterocycles. The minimum atomic E-state index is -4.18. The van der Waals surface area contributed by atoms with E-state index in [1.165, 1.54) is 24.1 Å². The van der Waals surface area contributed by atoms with Crippen LogP contribution in [0.15, 0.2) is 83.8 Å². The lowest BCUT2D eigenvalue weighted by Crippen LogP contribution is -2.51. The summed E-state index contributed by atoms with van der Waals surface area (Å²) < 4.78 is 39.6. The molecule has 9 nitrogen and oxygen atoms in total. The number of amides is 2. The van der Waals surface area contributed by atoms with Crippen LogP contribution < -0.4 is 19.1 Å². The molecule has 0 aliphatic rings. The lowest BCUT2D eigenvalue weighted by Gasteiger charge is -2.32. The predicted molar refractivity (Wildman–Crippen MR) is 155 cm³/mol. The summed E-state index contributed by atoms with van der Waals surface area (Å²) in [7, 11) is -1.20. The van der Waals surface area contributed by atoms with Gasteiger partial charge in [0.05, 0.1) is 24.8 Å². The first-order valence-corrected chi connectivity index (χ1v) is 14.4. The molecule has 0 fully saturated rings. The van der Waals surface area contributed by atoms with Gasteiger partial charge < -0.3 is 19.7 Å². The monoisotopic (exact) mass is 567 g/mol. The van der Waals surface area contributed by atoms with Gasteiger partial charge in [-0.05, 0) is 54.8 Å². The highest BCUT2D eigenvalue weighted by molar-refractivity contribution is 7.92. The Balaban J connectivity index is 2.04. The van der Waals surface area contributed by atoms with Crippen LogP contribution >= 0.6 is 0 Å². The second-order valence-electron chi connectivity index (χ2n) is 9.68. The highest BCUT2D eigenvalue weighted by Crippen LogP contribution is 2.32. The Kier molecular flexibility index (Phi) is 10.6. The zero-order valence-electron chi connectivity index (χ0n) is 23.5. The van der Waals surface area contributed by atoms with Crippen LogP contribution in [0.3, 0.4) is 0 Å². The van der Waals surface area contributed by atoms with Gasteiger partial charge in [-0.1, -0.05) is 56.3 Å². The van der Waals surface area contributed by atoms with Crippen molar-refractivity contribution >= 4 is 27.5 Å². The first-order valence-electron chi connectivity index (χ1n) is 13.0. The number of sulfonamides is 1. The number of nitrogens with zero attached hydrogens (tertiary/aromatic N) is 2. The van der Waals surface area contributed by atoms with E-state index in [1.807, 2.05) is 19.9 Å². The molecular formula is C30H37N3O6S. The fourth-order valence-electron chi connectivity index (χ4n) is 4.07. The lowest BCUT2D eigenvalue weighted by molar-refractivity contribution is -0.139. The molecule has 0 aliphatic carbocycles. The van der Waals surface area contributed by atoms with Gasteiger partial charge in [0, 0.05) is 13.1 Å². The fraction of sp³-hybridized carbons (Fsp3) is 0.333. The zero-order valence-corrected chi connectivity index (χ0v) is 24.4. The summed E-state index contributed by atoms with van der Waals surface area (Å²) in [4.78, 5) is 28.5. The molecule has 3 aromatic carbocycles. The van der Waals surface area contributed by atoms with Crippen LogP contribution in [-0.2, 0) is 26.2 Å². The molecule has 0 aliphatic heterocycles. The van der Waals surface area contributed by atoms with Crippen molar-refractivity contribution in [2.24, 2.45) is 5.92 Å². The van der Waals surface area contributed by atoms with E-state index in [9.17, 15) is 18.0 Å². The van der Waals surface area contributed by atoms with Crippen LogP contribution in [0.5, 0.6) is 11.5 Å². The number of methoxy groups -OCH3 is 2. The standard InChI is InChI=1S/C30H37N3O6S/c1-22(2)19-31-30(35)23(3)32(20-24-12-11-13-25(18-24)38-4)29(34)21-33(27-16-9-10-17-28(27)39-5)40(36,37)26-14-7-6-8-15-26/h6-18,22-23H,19-21H2,1-5H3,(H,31,35). The summed E-state index contributed by atoms with van der Waals surface area (Å²) in [6.45, 7) is 5.54. The van der Waals surface area contributed by atoms with Gasteiger partial charge in [-0.2, -0.15) is 0 Å². The maximum Gasteiger partial charge on any atom is 0.264 e. The summed E-state index contributed by atoms with van der Waals surface area (Å²) in [5.41, 5.74) is 0.936. The SMILES string of the molecule is COc1cccc(CN(C(=O)CN(c2ccccc2OC)S(=O)(=O)c2ccccc2)C(C)C(=O)NCC(C)C)c1. The van der Waals surface area contributed by atoms with Gasteiger partial charge in [0.2, 0.25) is 11.8 Å². The van der Waals surface area contributed by atoms with E-state index >= 15 is 0 Å². The molecule has 0 spiro atoms. The number of carbonyl (C=O) groups is 2. The van der Waals surface area contributed by atoms with E-state index < -0.39 is 28.5 Å². The van der Waals surface area contributed by atoms with Gasteiger partial charge in [-0.3, -0.25) is 13.9 Å². The third-order valence-electron chi connectivity index (χ3n) is 6.30. The number of para-hydroxylation sites is 2. The average Bonchev–Trinajstić information content (AvgIpc) is 2.97. The third kappa shape index (κ3) is 7.53. The Labute approximate surface area is 236 Å². The van der Waals surface area contributed by atoms with Crippen molar-refractivity contribution in [1.29, 1.82) is 0 Å². The van der Waals surface area contributed by atoms with Crippen molar-refractivity contribution < 1.29 is 27.5 Å². The topological polar surface area (TPSA) is 105 Å². The van der Waals surface area contributed by atoms with Gasteiger partial charge >= 0.3 is 0 Å². The lowest BCUT2D eigenvalue weighted by atomic mass is 10.1. The number of carbonyl (C=O) groups excluding carboxylic acids is 2. The van der Waals surface area contributed by atoms with Crippen molar-refractivity contribution in [3.63, 3.8) is 0 Å². The van der Waals surface area contributed by atoms with Crippen molar-refractivity contribution in [1.82, 2.24) is 10.2 Å². The molecule has 10 heteroatoms. The normalized spacial score (nSPS) is 11.9. The average molecular weight is 568 g/mol. The predicted octanol–water partition coefficient (Wildman–Crippen LogP) is 4.09. The summed E-state index contributed by atoms with van der Waals surface area (Å²) in [5.74, 6) is 0.219. The molecule has 0 saturated carbocycles. The van der Waals surface area contributed by atoms with E-state index in [0.717, 1.165) is 9.87 Å². The van der Waals surface area contributed by atoms with Crippen molar-refractivity contribution in [3.05, 3.63) is 84.4 Å². The van der Waals surface area contributed by atoms with Crippen molar-refractivity contribution in [2.75, 3.05) is 31.6 Å². The van der Waals surface area contributed by atoms with E-state index in [1.54, 1.807) is 74.7 Å². The first kappa shape index (κ1) is 30.5. The number of anilines is 1. The smallest absolute Gasteiger partial charge is 0.264 e. The fourth-order valence-corrected chi connectivity index (χ4v) is 5.52. The van der Waals surface area contributed by atoms with Gasteiger partial charge in [0.15, 0.2) is 0 Å². The molecule has 1 unspecified atom stereocenters. The number of benzene rings is 3. The Morgan fingerprint density at radius 1 is 0.875 bits per heavy atom. The van der Waals surface area contributed by atoms with Crippen LogP contribution in [0.1, 0.15) is 26.3 Å². The van der Waals surface area contributed by atoms with Crippen LogP contribution in [0, 0.1) is 5.92 Å². The molecule has 0 heterocycles. The molecule has 40 heavy (non-hydrogen) atoms. The zero-order chi connectivity index (χ0) is 29.3. The van der Waals surface area contributed by atoms with E-state index in [2.05, 4.69) is 5.32 Å². The van der Waals surface area contributed by atoms with Crippen LogP contribution in [0.4, 0.5) is 5.69 Å². The molecule has 3 rings (SSSR count). The number of hydrogen-bond donors (Lipinski definition) is 1. The Bertz CT molecular complexity index is 1400. The highest BCUT2D eigenvalue weighted by atomic mass is 32.2. The largest absolute Gasteiger partial charge is 0.497 e. The minimum absolute atomic E-state index is 0.0239. The summed E-state index contributed by atoms with van der Waals surface area (Å²) in [6, 6.07) is 20.8. The third-order valence-corrected chi connectivity index (χ3v) is 8.08. The van der Waals surface area contributed by atoms with Crippen molar-refractivity contribution in [2.45, 2.75) is 38.3 Å². The summed E-state index contributed by atoms with van der Waals surface area (Å²) in [5, 5.41) is 2.88. The maximum absolute atomic E-state index is 14.0. The van der Waals surface area contributed by atoms with E-state index in [-0.39, 0.29) is 34.7 Å². The van der Waals surface area contributed by atoms with Crippen LogP contribution in [-0.4, -0.2) is 58.5 Å². The van der Waals surface area contributed by atoms with E-state index in [0.29, 0.717) is 12.3 Å². The number of nitrogens with one attached hydrogen (secondary N) is 1. The second-order valence-corrected chi connectivity index (χ2v) is 11.5. The Hall–Kier alpha value is -4.05. The Morgan fingerprint density at radius 2 is 1.55 bits per heavy atom. The number of rotatable bonds is 13. The quantitative estimate of drug-likeness (QED) is 0.334. The molecule has 3 aromatic rings. The van der Waals surface area contributed by atoms with Gasteiger partial charge in [0.1, 0.15) is 24.1 Å². The van der Waals surface area contributed by atoms with Gasteiger partial charge in [0.25, 0.3) is 10.0 Å². The molecule has 0 aromatic heterocycles. The summed E-state index contributed by atoms with van der Waals surface area (Å²) >= 11 is 0. The molecule has 2 amide bonds. The molecule has 1 atom stereocenters.